The van der Waals surface area contributed by atoms with Crippen molar-refractivity contribution in [1.29, 1.82) is 0 Å². The van der Waals surface area contributed by atoms with Crippen LogP contribution in [0, 0.1) is 0 Å². The number of benzene rings is 1. The maximum atomic E-state index is 11.8. The van der Waals surface area contributed by atoms with Crippen LogP contribution in [-0.4, -0.2) is 38.9 Å². The molecule has 2 N–H and O–H groups in total. The average Bonchev–Trinajstić information content (AvgIpc) is 2.63. The molecule has 1 aliphatic heterocycles. The number of rotatable bonds is 4. The van der Waals surface area contributed by atoms with E-state index in [0.717, 1.165) is 11.0 Å². The summed E-state index contributed by atoms with van der Waals surface area (Å²) in [5, 5.41) is 18.4. The van der Waals surface area contributed by atoms with Crippen molar-refractivity contribution < 1.29 is 24.6 Å². The number of phenolic OH excluding ortho intramolecular Hbond substituents is 1. The van der Waals surface area contributed by atoms with Gasteiger partial charge in [0.15, 0.2) is 0 Å². The highest BCUT2D eigenvalue weighted by Crippen LogP contribution is 2.19. The molecule has 0 fully saturated rings. The van der Waals surface area contributed by atoms with E-state index in [4.69, 9.17) is 0 Å². The number of carbonyl (C=O) groups is 3. The minimum atomic E-state index is -1.26. The van der Waals surface area contributed by atoms with E-state index >= 15 is 0 Å². The molecule has 0 spiro atoms. The van der Waals surface area contributed by atoms with Gasteiger partial charge in [-0.1, -0.05) is 12.1 Å². The van der Waals surface area contributed by atoms with E-state index in [-0.39, 0.29) is 17.7 Å². The van der Waals surface area contributed by atoms with Crippen molar-refractivity contribution in [3.05, 3.63) is 41.5 Å². The molecule has 0 radical (unpaired) electrons. The molecule has 1 aromatic carbocycles. The zero-order valence-corrected chi connectivity index (χ0v) is 10.7. The normalized spacial score (nSPS) is 16.2. The van der Waals surface area contributed by atoms with Gasteiger partial charge in [0.2, 0.25) is 0 Å². The third-order valence-corrected chi connectivity index (χ3v) is 3.10. The van der Waals surface area contributed by atoms with E-state index in [1.807, 2.05) is 0 Å². The molecule has 1 atom stereocenters. The molecule has 104 valence electrons. The summed E-state index contributed by atoms with van der Waals surface area (Å²) in [5.74, 6) is -2.38. The number of nitrogens with zero attached hydrogens (tertiary/aromatic N) is 1. The highest BCUT2D eigenvalue weighted by molar-refractivity contribution is 6.17. The first-order chi connectivity index (χ1) is 9.40. The molecule has 0 aliphatic carbocycles. The minimum absolute atomic E-state index is 0.00574. The summed E-state index contributed by atoms with van der Waals surface area (Å²) in [6, 6.07) is 4.69. The van der Waals surface area contributed by atoms with Gasteiger partial charge in [-0.3, -0.25) is 14.5 Å². The summed E-state index contributed by atoms with van der Waals surface area (Å²) in [6.07, 6.45) is 1.13. The SMILES string of the molecule is CC1=CC(=O)N(C(Cc2ccc(O)cc2)C(=O)O)C1=O. The van der Waals surface area contributed by atoms with Crippen molar-refractivity contribution in [1.82, 2.24) is 4.90 Å². The predicted octanol–water partition coefficient (Wildman–Crippen LogP) is 0.703. The zero-order chi connectivity index (χ0) is 14.9. The topological polar surface area (TPSA) is 94.9 Å². The lowest BCUT2D eigenvalue weighted by Crippen LogP contribution is -2.46. The fourth-order valence-electron chi connectivity index (χ4n) is 2.05. The summed E-state index contributed by atoms with van der Waals surface area (Å²) < 4.78 is 0. The summed E-state index contributed by atoms with van der Waals surface area (Å²) in [7, 11) is 0. The molecule has 1 aliphatic rings. The molecule has 6 heteroatoms. The van der Waals surface area contributed by atoms with Crippen molar-refractivity contribution in [3.8, 4) is 5.75 Å². The smallest absolute Gasteiger partial charge is 0.327 e. The van der Waals surface area contributed by atoms with E-state index in [2.05, 4.69) is 0 Å². The molecule has 1 unspecified atom stereocenters. The number of aromatic hydroxyl groups is 1. The van der Waals surface area contributed by atoms with Gasteiger partial charge in [-0.05, 0) is 24.6 Å². The molecule has 0 saturated heterocycles. The molecule has 2 rings (SSSR count). The largest absolute Gasteiger partial charge is 0.508 e. The Morgan fingerprint density at radius 1 is 1.25 bits per heavy atom. The highest BCUT2D eigenvalue weighted by Gasteiger charge is 2.38. The quantitative estimate of drug-likeness (QED) is 0.789. The number of carbonyl (C=O) groups excluding carboxylic acids is 2. The van der Waals surface area contributed by atoms with Gasteiger partial charge in [0.1, 0.15) is 11.8 Å². The number of aliphatic carboxylic acids is 1. The van der Waals surface area contributed by atoms with Crippen molar-refractivity contribution in [2.75, 3.05) is 0 Å². The fourth-order valence-corrected chi connectivity index (χ4v) is 2.05. The Bertz CT molecular complexity index is 602. The first-order valence-corrected chi connectivity index (χ1v) is 5.96. The van der Waals surface area contributed by atoms with Crippen LogP contribution in [-0.2, 0) is 20.8 Å². The second-order valence-corrected chi connectivity index (χ2v) is 4.57. The molecule has 20 heavy (non-hydrogen) atoms. The molecule has 1 aromatic rings. The number of carboxylic acids is 1. The Labute approximate surface area is 114 Å². The van der Waals surface area contributed by atoms with E-state index < -0.39 is 23.8 Å². The number of hydrogen-bond donors (Lipinski definition) is 2. The van der Waals surface area contributed by atoms with Gasteiger partial charge in [0.25, 0.3) is 11.8 Å². The molecule has 1 heterocycles. The van der Waals surface area contributed by atoms with Crippen LogP contribution in [0.25, 0.3) is 0 Å². The predicted molar refractivity (Wildman–Crippen MR) is 68.8 cm³/mol. The van der Waals surface area contributed by atoms with Crippen LogP contribution in [0.4, 0.5) is 0 Å². The van der Waals surface area contributed by atoms with Gasteiger partial charge < -0.3 is 10.2 Å². The van der Waals surface area contributed by atoms with Gasteiger partial charge >= 0.3 is 5.97 Å². The Morgan fingerprint density at radius 3 is 2.30 bits per heavy atom. The van der Waals surface area contributed by atoms with Crippen molar-refractivity contribution in [2.45, 2.75) is 19.4 Å². The third kappa shape index (κ3) is 2.54. The summed E-state index contributed by atoms with van der Waals surface area (Å²) in [4.78, 5) is 35.6. The Balaban J connectivity index is 2.25. The molecule has 0 bridgehead atoms. The van der Waals surface area contributed by atoms with Gasteiger partial charge in [-0.15, -0.1) is 0 Å². The molecular formula is C14H13NO5. The molecule has 6 nitrogen and oxygen atoms in total. The van der Waals surface area contributed by atoms with Crippen molar-refractivity contribution >= 4 is 17.8 Å². The Morgan fingerprint density at radius 2 is 1.85 bits per heavy atom. The average molecular weight is 275 g/mol. The fraction of sp³-hybridized carbons (Fsp3) is 0.214. The second kappa shape index (κ2) is 5.16. The van der Waals surface area contributed by atoms with E-state index in [0.29, 0.717) is 5.56 Å². The van der Waals surface area contributed by atoms with Crippen LogP contribution in [0.15, 0.2) is 35.9 Å². The van der Waals surface area contributed by atoms with Crippen LogP contribution >= 0.6 is 0 Å². The number of hydrogen-bond acceptors (Lipinski definition) is 4. The van der Waals surface area contributed by atoms with Crippen molar-refractivity contribution in [2.24, 2.45) is 0 Å². The van der Waals surface area contributed by atoms with Crippen LogP contribution in [0.2, 0.25) is 0 Å². The second-order valence-electron chi connectivity index (χ2n) is 4.57. The van der Waals surface area contributed by atoms with E-state index in [1.54, 1.807) is 12.1 Å². The van der Waals surface area contributed by atoms with E-state index in [9.17, 15) is 24.6 Å². The first-order valence-electron chi connectivity index (χ1n) is 5.96. The van der Waals surface area contributed by atoms with Gasteiger partial charge in [0.05, 0.1) is 0 Å². The molecular weight excluding hydrogens is 262 g/mol. The summed E-state index contributed by atoms with van der Waals surface area (Å²) >= 11 is 0. The minimum Gasteiger partial charge on any atom is -0.508 e. The standard InChI is InChI=1S/C14H13NO5/c1-8-6-12(17)15(13(8)18)11(14(19)20)7-9-2-4-10(16)5-3-9/h2-6,11,16H,7H2,1H3,(H,19,20). The number of amides is 2. The zero-order valence-electron chi connectivity index (χ0n) is 10.7. The monoisotopic (exact) mass is 275 g/mol. The van der Waals surface area contributed by atoms with Crippen molar-refractivity contribution in [3.63, 3.8) is 0 Å². The number of carboxylic acid groups (broad SMARTS) is 1. The van der Waals surface area contributed by atoms with Gasteiger partial charge in [0, 0.05) is 18.1 Å². The molecule has 2 amide bonds. The third-order valence-electron chi connectivity index (χ3n) is 3.10. The van der Waals surface area contributed by atoms with Crippen LogP contribution in [0.5, 0.6) is 5.75 Å². The summed E-state index contributed by atoms with van der Waals surface area (Å²) in [5.41, 5.74) is 0.840. The highest BCUT2D eigenvalue weighted by atomic mass is 16.4. The lowest BCUT2D eigenvalue weighted by molar-refractivity contribution is -0.153. The van der Waals surface area contributed by atoms with Crippen LogP contribution in [0.1, 0.15) is 12.5 Å². The molecule has 0 saturated carbocycles. The van der Waals surface area contributed by atoms with E-state index in [1.165, 1.54) is 19.1 Å². The maximum Gasteiger partial charge on any atom is 0.327 e. The number of phenols is 1. The van der Waals surface area contributed by atoms with Gasteiger partial charge in [-0.2, -0.15) is 0 Å². The van der Waals surface area contributed by atoms with Crippen LogP contribution in [0.3, 0.4) is 0 Å². The maximum absolute atomic E-state index is 11.8. The Kier molecular flexibility index (Phi) is 3.56. The first kappa shape index (κ1) is 13.8. The lowest BCUT2D eigenvalue weighted by atomic mass is 10.0. The number of imide groups is 1. The van der Waals surface area contributed by atoms with Gasteiger partial charge in [-0.25, -0.2) is 4.79 Å². The molecule has 0 aromatic heterocycles. The Hall–Kier alpha value is -2.63. The van der Waals surface area contributed by atoms with Crippen LogP contribution < -0.4 is 0 Å². The summed E-state index contributed by atoms with van der Waals surface area (Å²) in [6.45, 7) is 1.47. The lowest BCUT2D eigenvalue weighted by Gasteiger charge is -2.22.